The second-order valence-corrected chi connectivity index (χ2v) is 3.37. The molecule has 0 spiro atoms. The number of aryl methyl sites for hydroxylation is 1. The summed E-state index contributed by atoms with van der Waals surface area (Å²) in [4.78, 5) is 43.7. The Morgan fingerprint density at radius 2 is 1.78 bits per heavy atom. The maximum Gasteiger partial charge on any atom is 0.345 e. The molecule has 0 saturated heterocycles. The molecule has 0 unspecified atom stereocenters. The van der Waals surface area contributed by atoms with Gasteiger partial charge in [0.15, 0.2) is 6.29 Å². The highest BCUT2D eigenvalue weighted by Gasteiger charge is 2.18. The Morgan fingerprint density at radius 1 is 1.11 bits per heavy atom. The number of rotatable bonds is 4. The Bertz CT molecular complexity index is 518. The normalized spacial score (nSPS) is 9.44. The van der Waals surface area contributed by atoms with Crippen LogP contribution in [0.2, 0.25) is 0 Å². The summed E-state index contributed by atoms with van der Waals surface area (Å²) >= 11 is 0. The summed E-state index contributed by atoms with van der Waals surface area (Å²) < 4.78 is 8.69. The van der Waals surface area contributed by atoms with E-state index in [9.17, 15) is 19.2 Å². The molecule has 0 N–H and O–H groups in total. The van der Waals surface area contributed by atoms with Gasteiger partial charge in [-0.15, -0.1) is 0 Å². The Morgan fingerprint density at radius 3 is 2.28 bits per heavy atom. The fourth-order valence-corrected chi connectivity index (χ4v) is 1.44. The van der Waals surface area contributed by atoms with Crippen LogP contribution in [0.3, 0.4) is 0 Å². The molecule has 0 aliphatic heterocycles. The van der Waals surface area contributed by atoms with Crippen LogP contribution in [0.5, 0.6) is 0 Å². The zero-order chi connectivity index (χ0) is 13.7. The molecular weight excluding hydrogens is 240 g/mol. The van der Waals surface area contributed by atoms with Crippen molar-refractivity contribution in [1.82, 2.24) is 0 Å². The molecule has 0 aliphatic carbocycles. The number of carbonyl (C=O) groups excluding carboxylic acids is 4. The van der Waals surface area contributed by atoms with E-state index >= 15 is 0 Å². The van der Waals surface area contributed by atoms with Gasteiger partial charge in [-0.25, -0.2) is 9.59 Å². The van der Waals surface area contributed by atoms with Crippen LogP contribution < -0.4 is 0 Å². The van der Waals surface area contributed by atoms with E-state index in [0.717, 1.165) is 0 Å². The fourth-order valence-electron chi connectivity index (χ4n) is 1.44. The smallest absolute Gasteiger partial charge is 0.345 e. The number of ether oxygens (including phenoxy) is 2. The van der Waals surface area contributed by atoms with E-state index in [4.69, 9.17) is 0 Å². The van der Waals surface area contributed by atoms with E-state index in [1.807, 2.05) is 0 Å². The summed E-state index contributed by atoms with van der Waals surface area (Å²) in [5, 5.41) is 0. The summed E-state index contributed by atoms with van der Waals surface area (Å²) in [6.07, 6.45) is 0.420. The van der Waals surface area contributed by atoms with Crippen molar-refractivity contribution in [3.05, 3.63) is 34.4 Å². The predicted octanol–water partition coefficient (Wildman–Crippen LogP) is 0.907. The van der Waals surface area contributed by atoms with Gasteiger partial charge in [0.2, 0.25) is 0 Å². The zero-order valence-electron chi connectivity index (χ0n) is 9.76. The topological polar surface area (TPSA) is 86.7 Å². The number of aldehydes is 1. The van der Waals surface area contributed by atoms with Crippen LogP contribution >= 0.6 is 0 Å². The number of hydrogen-bond donors (Lipinski definition) is 0. The average molecular weight is 250 g/mol. The van der Waals surface area contributed by atoms with Crippen LogP contribution in [0.4, 0.5) is 0 Å². The van der Waals surface area contributed by atoms with E-state index in [1.165, 1.54) is 19.2 Å². The molecule has 0 heterocycles. The number of esters is 2. The average Bonchev–Trinajstić information content (AvgIpc) is 2.37. The first-order valence-electron chi connectivity index (χ1n) is 4.88. The SMILES string of the molecule is COC(=O)c1cc(C)c(C(=O)OC=O)cc1C=O. The first kappa shape index (κ1) is 13.6. The molecule has 0 bridgehead atoms. The lowest BCUT2D eigenvalue weighted by atomic mass is 10.00. The van der Waals surface area contributed by atoms with Gasteiger partial charge >= 0.3 is 18.4 Å². The summed E-state index contributed by atoms with van der Waals surface area (Å²) in [6.45, 7) is 1.54. The highest BCUT2D eigenvalue weighted by Crippen LogP contribution is 2.17. The molecular formula is C12H10O6. The van der Waals surface area contributed by atoms with Crippen molar-refractivity contribution in [2.75, 3.05) is 7.11 Å². The molecule has 1 rings (SSSR count). The lowest BCUT2D eigenvalue weighted by Crippen LogP contribution is -2.11. The molecule has 1 aromatic rings. The highest BCUT2D eigenvalue weighted by atomic mass is 16.6. The van der Waals surface area contributed by atoms with Crippen LogP contribution in [0.1, 0.15) is 36.6 Å². The van der Waals surface area contributed by atoms with Crippen LogP contribution in [0, 0.1) is 6.92 Å². The summed E-state index contributed by atoms with van der Waals surface area (Å²) in [7, 11) is 1.18. The van der Waals surface area contributed by atoms with Gasteiger partial charge in [-0.05, 0) is 24.6 Å². The molecule has 0 aromatic heterocycles. The minimum atomic E-state index is -0.887. The molecule has 0 saturated carbocycles. The van der Waals surface area contributed by atoms with Crippen molar-refractivity contribution in [3.63, 3.8) is 0 Å². The second-order valence-electron chi connectivity index (χ2n) is 3.37. The summed E-state index contributed by atoms with van der Waals surface area (Å²) in [5.74, 6) is -1.57. The van der Waals surface area contributed by atoms with Gasteiger partial charge in [-0.1, -0.05) is 0 Å². The van der Waals surface area contributed by atoms with E-state index in [2.05, 4.69) is 9.47 Å². The molecule has 0 fully saturated rings. The minimum Gasteiger partial charge on any atom is -0.465 e. The van der Waals surface area contributed by atoms with E-state index < -0.39 is 11.9 Å². The van der Waals surface area contributed by atoms with Crippen molar-refractivity contribution in [1.29, 1.82) is 0 Å². The molecule has 0 atom stereocenters. The van der Waals surface area contributed by atoms with E-state index in [-0.39, 0.29) is 23.2 Å². The van der Waals surface area contributed by atoms with Crippen LogP contribution in [-0.4, -0.2) is 31.8 Å². The lowest BCUT2D eigenvalue weighted by Gasteiger charge is -2.08. The molecule has 0 radical (unpaired) electrons. The molecule has 1 aromatic carbocycles. The second kappa shape index (κ2) is 5.72. The Kier molecular flexibility index (Phi) is 4.31. The van der Waals surface area contributed by atoms with Crippen molar-refractivity contribution in [2.45, 2.75) is 6.92 Å². The molecule has 0 aliphatic rings. The van der Waals surface area contributed by atoms with Crippen molar-refractivity contribution in [2.24, 2.45) is 0 Å². The first-order valence-corrected chi connectivity index (χ1v) is 4.88. The van der Waals surface area contributed by atoms with Gasteiger partial charge in [0.25, 0.3) is 0 Å². The standard InChI is InChI=1S/C12H10O6/c1-7-3-10(11(15)17-2)8(5-13)4-9(7)12(16)18-6-14/h3-6H,1-2H3. The van der Waals surface area contributed by atoms with Gasteiger partial charge in [0, 0.05) is 5.56 Å². The quantitative estimate of drug-likeness (QED) is 0.448. The van der Waals surface area contributed by atoms with Gasteiger partial charge in [0.1, 0.15) is 0 Å². The molecule has 0 amide bonds. The lowest BCUT2D eigenvalue weighted by molar-refractivity contribution is -0.123. The van der Waals surface area contributed by atoms with E-state index in [1.54, 1.807) is 6.92 Å². The number of hydrogen-bond acceptors (Lipinski definition) is 6. The number of methoxy groups -OCH3 is 1. The van der Waals surface area contributed by atoms with Gasteiger partial charge in [-0.3, -0.25) is 9.59 Å². The van der Waals surface area contributed by atoms with Crippen LogP contribution in [-0.2, 0) is 14.3 Å². The third kappa shape index (κ3) is 2.60. The van der Waals surface area contributed by atoms with Crippen molar-refractivity contribution < 1.29 is 28.7 Å². The Labute approximate surface area is 102 Å². The monoisotopic (exact) mass is 250 g/mol. The van der Waals surface area contributed by atoms with Gasteiger partial charge < -0.3 is 9.47 Å². The third-order valence-corrected chi connectivity index (χ3v) is 2.30. The van der Waals surface area contributed by atoms with Crippen LogP contribution in [0.15, 0.2) is 12.1 Å². The Hall–Kier alpha value is -2.50. The summed E-state index contributed by atoms with van der Waals surface area (Å²) in [6, 6.07) is 2.51. The number of benzene rings is 1. The fraction of sp³-hybridized carbons (Fsp3) is 0.167. The maximum atomic E-state index is 11.4. The van der Waals surface area contributed by atoms with Gasteiger partial charge in [0.05, 0.1) is 18.2 Å². The molecule has 6 nitrogen and oxygen atoms in total. The largest absolute Gasteiger partial charge is 0.465 e. The maximum absolute atomic E-state index is 11.4. The molecule has 18 heavy (non-hydrogen) atoms. The predicted molar refractivity (Wildman–Crippen MR) is 59.4 cm³/mol. The zero-order valence-corrected chi connectivity index (χ0v) is 9.76. The first-order chi connectivity index (χ1) is 8.54. The van der Waals surface area contributed by atoms with Crippen molar-refractivity contribution >= 4 is 24.7 Å². The van der Waals surface area contributed by atoms with Crippen LogP contribution in [0.25, 0.3) is 0 Å². The third-order valence-electron chi connectivity index (χ3n) is 2.30. The molecule has 6 heteroatoms. The van der Waals surface area contributed by atoms with E-state index in [0.29, 0.717) is 11.8 Å². The highest BCUT2D eigenvalue weighted by molar-refractivity contribution is 6.02. The number of carbonyl (C=O) groups is 4. The summed E-state index contributed by atoms with van der Waals surface area (Å²) in [5.41, 5.74) is 0.475. The Balaban J connectivity index is 3.34. The van der Waals surface area contributed by atoms with Gasteiger partial charge in [-0.2, -0.15) is 0 Å². The van der Waals surface area contributed by atoms with Crippen molar-refractivity contribution in [3.8, 4) is 0 Å². The minimum absolute atomic E-state index is 0.00340. The molecule has 94 valence electrons.